The van der Waals surface area contributed by atoms with Gasteiger partial charge in [0.2, 0.25) is 0 Å². The topological polar surface area (TPSA) is 67.6 Å². The maximum atomic E-state index is 13.4. The predicted octanol–water partition coefficient (Wildman–Crippen LogP) is 2.79. The van der Waals surface area contributed by atoms with Crippen molar-refractivity contribution in [2.75, 3.05) is 38.6 Å². The SMILES string of the molecule is Cc1cccc(-n2c(SC[C@@H](O)CN3CCOCC3)nc3ccccc3c2=O)c1C. The summed E-state index contributed by atoms with van der Waals surface area (Å²) < 4.78 is 7.06. The average Bonchev–Trinajstić information content (AvgIpc) is 2.75. The van der Waals surface area contributed by atoms with E-state index in [1.54, 1.807) is 4.57 Å². The van der Waals surface area contributed by atoms with Crippen LogP contribution in [-0.4, -0.2) is 64.3 Å². The van der Waals surface area contributed by atoms with Crippen LogP contribution in [0.3, 0.4) is 0 Å². The summed E-state index contributed by atoms with van der Waals surface area (Å²) in [6.07, 6.45) is -0.511. The van der Waals surface area contributed by atoms with Crippen molar-refractivity contribution in [3.63, 3.8) is 0 Å². The lowest BCUT2D eigenvalue weighted by Crippen LogP contribution is -2.41. The van der Waals surface area contributed by atoms with Crippen molar-refractivity contribution in [1.29, 1.82) is 0 Å². The molecule has 2 heterocycles. The Morgan fingerprint density at radius 3 is 2.70 bits per heavy atom. The molecule has 1 aromatic heterocycles. The molecule has 0 aliphatic carbocycles. The van der Waals surface area contributed by atoms with E-state index in [1.165, 1.54) is 11.8 Å². The van der Waals surface area contributed by atoms with Gasteiger partial charge in [0, 0.05) is 25.4 Å². The molecule has 7 heteroatoms. The summed E-state index contributed by atoms with van der Waals surface area (Å²) in [5.74, 6) is 0.465. The third-order valence-corrected chi connectivity index (χ3v) is 6.62. The van der Waals surface area contributed by atoms with E-state index in [0.717, 1.165) is 29.9 Å². The fourth-order valence-corrected chi connectivity index (χ4v) is 4.62. The average molecular weight is 426 g/mol. The molecule has 4 rings (SSSR count). The van der Waals surface area contributed by atoms with Gasteiger partial charge in [-0.25, -0.2) is 4.98 Å². The summed E-state index contributed by atoms with van der Waals surface area (Å²) in [5.41, 5.74) is 3.60. The highest BCUT2D eigenvalue weighted by Crippen LogP contribution is 2.25. The highest BCUT2D eigenvalue weighted by molar-refractivity contribution is 7.99. The standard InChI is InChI=1S/C23H27N3O3S/c1-16-6-5-9-21(17(16)2)26-22(28)19-7-3-4-8-20(19)24-23(26)30-15-18(27)14-25-10-12-29-13-11-25/h3-9,18,27H,10-15H2,1-2H3/t18-/m0/s1. The Balaban J connectivity index is 1.67. The molecule has 1 saturated heterocycles. The number of hydrogen-bond donors (Lipinski definition) is 1. The normalized spacial score (nSPS) is 16.1. The van der Waals surface area contributed by atoms with Crippen LogP contribution in [-0.2, 0) is 4.74 Å². The van der Waals surface area contributed by atoms with Crippen LogP contribution in [0.15, 0.2) is 52.4 Å². The number of β-amino-alcohol motifs (C(OH)–C–C–N with tert-alkyl or cyclic N) is 1. The number of rotatable bonds is 6. The molecule has 1 N–H and O–H groups in total. The zero-order chi connectivity index (χ0) is 21.1. The second-order valence-corrected chi connectivity index (χ2v) is 8.64. The van der Waals surface area contributed by atoms with Crippen LogP contribution in [0.1, 0.15) is 11.1 Å². The number of ether oxygens (including phenoxy) is 1. The van der Waals surface area contributed by atoms with Gasteiger partial charge in [-0.1, -0.05) is 36.0 Å². The zero-order valence-electron chi connectivity index (χ0n) is 17.4. The minimum absolute atomic E-state index is 0.0838. The van der Waals surface area contributed by atoms with Gasteiger partial charge < -0.3 is 9.84 Å². The summed E-state index contributed by atoms with van der Waals surface area (Å²) in [6, 6.07) is 13.4. The summed E-state index contributed by atoms with van der Waals surface area (Å²) in [4.78, 5) is 20.4. The molecule has 0 spiro atoms. The van der Waals surface area contributed by atoms with Crippen molar-refractivity contribution in [2.24, 2.45) is 0 Å². The van der Waals surface area contributed by atoms with Gasteiger partial charge >= 0.3 is 0 Å². The van der Waals surface area contributed by atoms with Gasteiger partial charge in [-0.3, -0.25) is 14.3 Å². The number of thioether (sulfide) groups is 1. The van der Waals surface area contributed by atoms with Crippen molar-refractivity contribution >= 4 is 22.7 Å². The molecule has 2 aromatic carbocycles. The molecule has 6 nitrogen and oxygen atoms in total. The lowest BCUT2D eigenvalue weighted by atomic mass is 10.1. The van der Waals surface area contributed by atoms with E-state index in [1.807, 2.05) is 56.3 Å². The molecule has 1 aliphatic heterocycles. The van der Waals surface area contributed by atoms with Gasteiger partial charge in [0.05, 0.1) is 35.9 Å². The minimum atomic E-state index is -0.511. The van der Waals surface area contributed by atoms with E-state index in [2.05, 4.69) is 4.90 Å². The molecule has 1 fully saturated rings. The summed E-state index contributed by atoms with van der Waals surface area (Å²) in [7, 11) is 0. The van der Waals surface area contributed by atoms with E-state index in [-0.39, 0.29) is 5.56 Å². The third kappa shape index (κ3) is 4.44. The fraction of sp³-hybridized carbons (Fsp3) is 0.391. The smallest absolute Gasteiger partial charge is 0.266 e. The first-order valence-electron chi connectivity index (χ1n) is 10.2. The summed E-state index contributed by atoms with van der Waals surface area (Å²) in [6.45, 7) is 7.74. The Kier molecular flexibility index (Phi) is 6.53. The second kappa shape index (κ2) is 9.31. The monoisotopic (exact) mass is 425 g/mol. The number of aromatic nitrogens is 2. The molecular weight excluding hydrogens is 398 g/mol. The Morgan fingerprint density at radius 1 is 1.13 bits per heavy atom. The minimum Gasteiger partial charge on any atom is -0.391 e. The number of para-hydroxylation sites is 1. The second-order valence-electron chi connectivity index (χ2n) is 7.65. The van der Waals surface area contributed by atoms with Crippen molar-refractivity contribution < 1.29 is 9.84 Å². The van der Waals surface area contributed by atoms with Gasteiger partial charge in [-0.2, -0.15) is 0 Å². The molecule has 0 saturated carbocycles. The summed E-state index contributed by atoms with van der Waals surface area (Å²) in [5, 5.41) is 11.8. The van der Waals surface area contributed by atoms with Gasteiger partial charge in [-0.05, 0) is 43.2 Å². The number of aliphatic hydroxyl groups is 1. The van der Waals surface area contributed by atoms with Crippen LogP contribution >= 0.6 is 11.8 Å². The molecule has 0 unspecified atom stereocenters. The Labute approximate surface area is 180 Å². The van der Waals surface area contributed by atoms with Crippen LogP contribution in [0, 0.1) is 13.8 Å². The highest BCUT2D eigenvalue weighted by Gasteiger charge is 2.19. The number of fused-ring (bicyclic) bond motifs is 1. The number of aliphatic hydroxyl groups excluding tert-OH is 1. The van der Waals surface area contributed by atoms with E-state index >= 15 is 0 Å². The largest absolute Gasteiger partial charge is 0.391 e. The molecule has 0 radical (unpaired) electrons. The van der Waals surface area contributed by atoms with Gasteiger partial charge in [0.25, 0.3) is 5.56 Å². The predicted molar refractivity (Wildman–Crippen MR) is 121 cm³/mol. The maximum absolute atomic E-state index is 13.4. The Bertz CT molecular complexity index is 1090. The first kappa shape index (κ1) is 21.1. The first-order chi connectivity index (χ1) is 14.5. The van der Waals surface area contributed by atoms with Crippen molar-refractivity contribution in [3.8, 4) is 5.69 Å². The highest BCUT2D eigenvalue weighted by atomic mass is 32.2. The van der Waals surface area contributed by atoms with Crippen LogP contribution in [0.2, 0.25) is 0 Å². The van der Waals surface area contributed by atoms with Crippen LogP contribution in [0.5, 0.6) is 0 Å². The molecule has 30 heavy (non-hydrogen) atoms. The number of nitrogens with zero attached hydrogens (tertiary/aromatic N) is 3. The van der Waals surface area contributed by atoms with Crippen LogP contribution in [0.4, 0.5) is 0 Å². The zero-order valence-corrected chi connectivity index (χ0v) is 18.2. The number of morpholine rings is 1. The van der Waals surface area contributed by atoms with Crippen molar-refractivity contribution in [3.05, 3.63) is 63.9 Å². The molecule has 158 valence electrons. The van der Waals surface area contributed by atoms with E-state index < -0.39 is 6.10 Å². The number of hydrogen-bond acceptors (Lipinski definition) is 6. The molecular formula is C23H27N3O3S. The lowest BCUT2D eigenvalue weighted by molar-refractivity contribution is 0.0188. The molecule has 3 aromatic rings. The van der Waals surface area contributed by atoms with E-state index in [0.29, 0.717) is 41.6 Å². The lowest BCUT2D eigenvalue weighted by Gasteiger charge is -2.28. The third-order valence-electron chi connectivity index (χ3n) is 5.54. The quantitative estimate of drug-likeness (QED) is 0.484. The van der Waals surface area contributed by atoms with Gasteiger partial charge in [0.15, 0.2) is 5.16 Å². The van der Waals surface area contributed by atoms with Crippen molar-refractivity contribution in [1.82, 2.24) is 14.5 Å². The Morgan fingerprint density at radius 2 is 1.90 bits per heavy atom. The molecule has 0 bridgehead atoms. The van der Waals surface area contributed by atoms with Crippen LogP contribution < -0.4 is 5.56 Å². The summed E-state index contributed by atoms with van der Waals surface area (Å²) >= 11 is 1.43. The van der Waals surface area contributed by atoms with Crippen molar-refractivity contribution in [2.45, 2.75) is 25.1 Å². The van der Waals surface area contributed by atoms with E-state index in [4.69, 9.17) is 9.72 Å². The van der Waals surface area contributed by atoms with Crippen LogP contribution in [0.25, 0.3) is 16.6 Å². The Hall–Kier alpha value is -2.19. The molecule has 1 atom stereocenters. The first-order valence-corrected chi connectivity index (χ1v) is 11.2. The molecule has 1 aliphatic rings. The van der Waals surface area contributed by atoms with Gasteiger partial charge in [-0.15, -0.1) is 0 Å². The maximum Gasteiger partial charge on any atom is 0.266 e. The number of aryl methyl sites for hydroxylation is 1. The fourth-order valence-electron chi connectivity index (χ4n) is 3.70. The van der Waals surface area contributed by atoms with Gasteiger partial charge in [0.1, 0.15) is 0 Å². The van der Waals surface area contributed by atoms with E-state index in [9.17, 15) is 9.90 Å². The number of benzene rings is 2. The molecule has 0 amide bonds.